The molecular weight excluding hydrogens is 533 g/mol. The Kier molecular flexibility index (Phi) is 7.76. The molecular formula is C28H25Cl2NO7. The van der Waals surface area contributed by atoms with Gasteiger partial charge in [-0.2, -0.15) is 0 Å². The number of carbonyl (C=O) groups is 2. The fourth-order valence-corrected chi connectivity index (χ4v) is 4.88. The van der Waals surface area contributed by atoms with E-state index < -0.39 is 23.5 Å². The van der Waals surface area contributed by atoms with E-state index >= 15 is 0 Å². The predicted octanol–water partition coefficient (Wildman–Crippen LogP) is 5.96. The molecule has 3 aromatic rings. The Bertz CT molecular complexity index is 1470. The lowest BCUT2D eigenvalue weighted by atomic mass is 9.94. The lowest BCUT2D eigenvalue weighted by Crippen LogP contribution is -2.30. The molecule has 1 aliphatic heterocycles. The zero-order chi connectivity index (χ0) is 27.7. The van der Waals surface area contributed by atoms with E-state index in [0.717, 1.165) is 0 Å². The number of halogens is 2. The second-order valence-corrected chi connectivity index (χ2v) is 9.17. The number of ether oxygens (including phenoxy) is 4. The number of nitrogens with zero attached hydrogens (tertiary/aromatic N) is 1. The molecule has 0 spiro atoms. The van der Waals surface area contributed by atoms with Crippen molar-refractivity contribution in [3.05, 3.63) is 80.8 Å². The average Bonchev–Trinajstić information content (AvgIpc) is 3.19. The van der Waals surface area contributed by atoms with Gasteiger partial charge >= 0.3 is 0 Å². The van der Waals surface area contributed by atoms with E-state index in [2.05, 4.69) is 0 Å². The third-order valence-electron chi connectivity index (χ3n) is 6.40. The lowest BCUT2D eigenvalue weighted by molar-refractivity contribution is -0.132. The number of benzene rings is 3. The average molecular weight is 558 g/mol. The first-order valence-electron chi connectivity index (χ1n) is 11.4. The van der Waals surface area contributed by atoms with Gasteiger partial charge in [0.2, 0.25) is 0 Å². The van der Waals surface area contributed by atoms with Crippen molar-refractivity contribution in [2.24, 2.45) is 0 Å². The molecule has 1 heterocycles. The van der Waals surface area contributed by atoms with Crippen molar-refractivity contribution in [1.82, 2.24) is 0 Å². The molecule has 0 aliphatic carbocycles. The van der Waals surface area contributed by atoms with Gasteiger partial charge in [-0.3, -0.25) is 14.5 Å². The Hall–Kier alpha value is -3.88. The van der Waals surface area contributed by atoms with Crippen molar-refractivity contribution < 1.29 is 33.6 Å². The molecule has 0 aromatic heterocycles. The molecule has 1 aliphatic rings. The van der Waals surface area contributed by atoms with E-state index in [-0.39, 0.29) is 21.9 Å². The molecule has 4 rings (SSSR count). The van der Waals surface area contributed by atoms with Crippen LogP contribution in [0.25, 0.3) is 5.76 Å². The van der Waals surface area contributed by atoms with E-state index in [9.17, 15) is 14.7 Å². The Morgan fingerprint density at radius 1 is 0.816 bits per heavy atom. The number of carbonyl (C=O) groups excluding carboxylic acids is 2. The number of anilines is 1. The minimum Gasteiger partial charge on any atom is -0.507 e. The van der Waals surface area contributed by atoms with Crippen molar-refractivity contribution in [1.29, 1.82) is 0 Å². The van der Waals surface area contributed by atoms with E-state index in [1.165, 1.54) is 45.5 Å². The molecule has 1 fully saturated rings. The van der Waals surface area contributed by atoms with Crippen LogP contribution in [-0.2, 0) is 9.59 Å². The van der Waals surface area contributed by atoms with Crippen LogP contribution in [0.15, 0.2) is 54.1 Å². The van der Waals surface area contributed by atoms with Crippen molar-refractivity contribution in [3.8, 4) is 23.0 Å². The number of hydrogen-bond acceptors (Lipinski definition) is 7. The van der Waals surface area contributed by atoms with Crippen LogP contribution in [0.3, 0.4) is 0 Å². The number of aliphatic hydroxyl groups is 1. The van der Waals surface area contributed by atoms with Crippen LogP contribution in [0.1, 0.15) is 22.7 Å². The first kappa shape index (κ1) is 27.2. The van der Waals surface area contributed by atoms with Gasteiger partial charge in [-0.1, -0.05) is 35.3 Å². The maximum absolute atomic E-state index is 13.6. The summed E-state index contributed by atoms with van der Waals surface area (Å²) >= 11 is 12.7. The van der Waals surface area contributed by atoms with Crippen molar-refractivity contribution in [2.75, 3.05) is 33.3 Å². The molecule has 10 heteroatoms. The first-order valence-corrected chi connectivity index (χ1v) is 12.1. The van der Waals surface area contributed by atoms with Gasteiger partial charge in [-0.25, -0.2) is 0 Å². The minimum absolute atomic E-state index is 0.115. The van der Waals surface area contributed by atoms with Crippen molar-refractivity contribution in [3.63, 3.8) is 0 Å². The van der Waals surface area contributed by atoms with E-state index in [0.29, 0.717) is 39.1 Å². The SMILES string of the molecule is COc1cc(OC)c(/C(O)=C2\C(=O)C(=O)N(c3cccc(Cl)c3C)C2c2ccc(OC)c(OC)c2)cc1Cl. The highest BCUT2D eigenvalue weighted by Gasteiger charge is 2.48. The Labute approximate surface area is 229 Å². The molecule has 198 valence electrons. The van der Waals surface area contributed by atoms with Gasteiger partial charge in [0.15, 0.2) is 11.5 Å². The highest BCUT2D eigenvalue weighted by atomic mass is 35.5. The topological polar surface area (TPSA) is 94.5 Å². The molecule has 1 unspecified atom stereocenters. The molecule has 1 amide bonds. The number of aliphatic hydroxyl groups excluding tert-OH is 1. The lowest BCUT2D eigenvalue weighted by Gasteiger charge is -2.27. The monoisotopic (exact) mass is 557 g/mol. The summed E-state index contributed by atoms with van der Waals surface area (Å²) in [6, 6.07) is 11.9. The van der Waals surface area contributed by atoms with Gasteiger partial charge in [0.25, 0.3) is 11.7 Å². The van der Waals surface area contributed by atoms with Crippen molar-refractivity contribution >= 4 is 46.3 Å². The molecule has 3 aromatic carbocycles. The van der Waals surface area contributed by atoms with Crippen molar-refractivity contribution in [2.45, 2.75) is 13.0 Å². The number of amides is 1. The van der Waals surface area contributed by atoms with E-state index in [4.69, 9.17) is 42.1 Å². The summed E-state index contributed by atoms with van der Waals surface area (Å²) in [7, 11) is 5.82. The number of ketones is 1. The van der Waals surface area contributed by atoms with Crippen LogP contribution in [0.4, 0.5) is 5.69 Å². The number of hydrogen-bond donors (Lipinski definition) is 1. The number of Topliss-reactive ketones (excluding diaryl/α,β-unsaturated/α-hetero) is 1. The van der Waals surface area contributed by atoms with Crippen LogP contribution < -0.4 is 23.8 Å². The number of methoxy groups -OCH3 is 4. The fraction of sp³-hybridized carbons (Fsp3) is 0.214. The summed E-state index contributed by atoms with van der Waals surface area (Å²) in [6.45, 7) is 1.74. The Morgan fingerprint density at radius 2 is 1.47 bits per heavy atom. The van der Waals surface area contributed by atoms with E-state index in [1.54, 1.807) is 43.3 Å². The zero-order valence-corrected chi connectivity index (χ0v) is 22.8. The summed E-state index contributed by atoms with van der Waals surface area (Å²) < 4.78 is 21.5. The predicted molar refractivity (Wildman–Crippen MR) is 145 cm³/mol. The normalized spacial score (nSPS) is 16.5. The largest absolute Gasteiger partial charge is 0.507 e. The second kappa shape index (κ2) is 10.8. The third kappa shape index (κ3) is 4.50. The number of rotatable bonds is 7. The summed E-state index contributed by atoms with van der Waals surface area (Å²) in [5.74, 6) is -0.858. The quantitative estimate of drug-likeness (QED) is 0.217. The molecule has 0 saturated carbocycles. The summed E-state index contributed by atoms with van der Waals surface area (Å²) in [6.07, 6.45) is 0. The highest BCUT2D eigenvalue weighted by molar-refractivity contribution is 6.52. The maximum atomic E-state index is 13.6. The zero-order valence-electron chi connectivity index (χ0n) is 21.3. The summed E-state index contributed by atoms with van der Waals surface area (Å²) in [5.41, 5.74) is 1.44. The molecule has 38 heavy (non-hydrogen) atoms. The maximum Gasteiger partial charge on any atom is 0.300 e. The van der Waals surface area contributed by atoms with Gasteiger partial charge in [-0.15, -0.1) is 0 Å². The standard InChI is InChI=1S/C28H25Cl2NO7/c1-14-17(29)7-6-8-19(14)31-25(15-9-10-20(35-2)23(11-15)38-5)24(27(33)28(31)34)26(32)16-12-18(30)22(37-4)13-21(16)36-3/h6-13,25,32H,1-5H3/b26-24+. The highest BCUT2D eigenvalue weighted by Crippen LogP contribution is 2.47. The molecule has 0 radical (unpaired) electrons. The summed E-state index contributed by atoms with van der Waals surface area (Å²) in [5, 5.41) is 12.2. The van der Waals surface area contributed by atoms with Crippen LogP contribution in [0.5, 0.6) is 23.0 Å². The molecule has 1 N–H and O–H groups in total. The first-order chi connectivity index (χ1) is 18.2. The van der Waals surface area contributed by atoms with Gasteiger partial charge < -0.3 is 24.1 Å². The second-order valence-electron chi connectivity index (χ2n) is 8.35. The van der Waals surface area contributed by atoms with Gasteiger partial charge in [-0.05, 0) is 48.4 Å². The molecule has 8 nitrogen and oxygen atoms in total. The van der Waals surface area contributed by atoms with Gasteiger partial charge in [0.05, 0.1) is 50.6 Å². The van der Waals surface area contributed by atoms with E-state index in [1.807, 2.05) is 0 Å². The molecule has 1 saturated heterocycles. The third-order valence-corrected chi connectivity index (χ3v) is 7.10. The van der Waals surface area contributed by atoms with Gasteiger partial charge in [0, 0.05) is 16.8 Å². The molecule has 0 bridgehead atoms. The smallest absolute Gasteiger partial charge is 0.300 e. The van der Waals surface area contributed by atoms with Crippen LogP contribution >= 0.6 is 23.2 Å². The Morgan fingerprint density at radius 3 is 2.11 bits per heavy atom. The minimum atomic E-state index is -1.04. The van der Waals surface area contributed by atoms with Crippen LogP contribution in [0, 0.1) is 6.92 Å². The Balaban J connectivity index is 2.05. The van der Waals surface area contributed by atoms with Crippen LogP contribution in [-0.4, -0.2) is 45.2 Å². The summed E-state index contributed by atoms with van der Waals surface area (Å²) in [4.78, 5) is 28.4. The van der Waals surface area contributed by atoms with Gasteiger partial charge in [0.1, 0.15) is 17.3 Å². The van der Waals surface area contributed by atoms with Crippen LogP contribution in [0.2, 0.25) is 10.0 Å². The fourth-order valence-electron chi connectivity index (χ4n) is 4.47. The molecule has 1 atom stereocenters.